The minimum atomic E-state index is -0.177. The zero-order valence-electron chi connectivity index (χ0n) is 32.0. The third kappa shape index (κ3) is 6.65. The number of fused-ring (bicyclic) bond motifs is 1. The molecule has 0 radical (unpaired) electrons. The van der Waals surface area contributed by atoms with E-state index in [1.54, 1.807) is 0 Å². The van der Waals surface area contributed by atoms with Crippen LogP contribution in [0.25, 0.3) is 28.0 Å². The Labute approximate surface area is 300 Å². The minimum absolute atomic E-state index is 0.177. The SMILES string of the molecule is CC(C)c1cc(C(C)C)c(C(Nc2c(C(C)C)cccc2C(C)C)c2nc(-n3c(-c4ccccc4)cc4ccccc43)cn2C)c(C(C)C)c1. The van der Waals surface area contributed by atoms with Gasteiger partial charge >= 0.3 is 0 Å². The van der Waals surface area contributed by atoms with E-state index in [2.05, 4.69) is 188 Å². The molecule has 0 aliphatic heterocycles. The first-order valence-electron chi connectivity index (χ1n) is 18.6. The van der Waals surface area contributed by atoms with E-state index in [9.17, 15) is 0 Å². The molecule has 0 fully saturated rings. The van der Waals surface area contributed by atoms with Crippen molar-refractivity contribution in [3.8, 4) is 17.1 Å². The van der Waals surface area contributed by atoms with Crippen molar-refractivity contribution in [1.29, 1.82) is 0 Å². The summed E-state index contributed by atoms with van der Waals surface area (Å²) in [5, 5.41) is 5.44. The number of hydrogen-bond acceptors (Lipinski definition) is 2. The molecule has 1 atom stereocenters. The maximum Gasteiger partial charge on any atom is 0.156 e. The standard InChI is InChI=1S/C46H56N4/c1-28(2)35-24-38(31(7)8)43(39(25-35)32(9)10)45(48-44-36(29(3)4)21-17-22-37(44)30(5)6)46-47-42(27-49(46)11)50-40-23-16-15-20-34(40)26-41(50)33-18-13-12-14-19-33/h12-32,45,48H,1-11H3. The molecule has 2 aromatic heterocycles. The highest BCUT2D eigenvalue weighted by Gasteiger charge is 2.31. The summed E-state index contributed by atoms with van der Waals surface area (Å²) in [6, 6.07) is 33.2. The number of imidazole rings is 1. The van der Waals surface area contributed by atoms with Crippen molar-refractivity contribution < 1.29 is 0 Å². The number of nitrogens with one attached hydrogen (secondary N) is 1. The molecule has 0 saturated carbocycles. The van der Waals surface area contributed by atoms with E-state index < -0.39 is 0 Å². The number of aromatic nitrogens is 3. The Morgan fingerprint density at radius 3 is 1.70 bits per heavy atom. The van der Waals surface area contributed by atoms with Crippen LogP contribution in [0, 0.1) is 0 Å². The van der Waals surface area contributed by atoms with E-state index in [1.165, 1.54) is 50.0 Å². The van der Waals surface area contributed by atoms with Gasteiger partial charge in [-0.3, -0.25) is 4.57 Å². The van der Waals surface area contributed by atoms with Crippen molar-refractivity contribution in [2.75, 3.05) is 5.32 Å². The lowest BCUT2D eigenvalue weighted by atomic mass is 9.81. The van der Waals surface area contributed by atoms with Gasteiger partial charge in [-0.2, -0.15) is 0 Å². The second kappa shape index (κ2) is 14.3. The molecule has 0 amide bonds. The molecule has 50 heavy (non-hydrogen) atoms. The van der Waals surface area contributed by atoms with E-state index in [0.29, 0.717) is 29.6 Å². The van der Waals surface area contributed by atoms with Gasteiger partial charge in [0.05, 0.1) is 11.2 Å². The fraction of sp³-hybridized carbons (Fsp3) is 0.370. The summed E-state index contributed by atoms with van der Waals surface area (Å²) in [6.45, 7) is 23.2. The smallest absolute Gasteiger partial charge is 0.156 e. The average molecular weight is 665 g/mol. The van der Waals surface area contributed by atoms with Gasteiger partial charge in [-0.25, -0.2) is 4.98 Å². The van der Waals surface area contributed by atoms with Crippen LogP contribution in [0.4, 0.5) is 5.69 Å². The van der Waals surface area contributed by atoms with E-state index in [0.717, 1.165) is 22.9 Å². The zero-order chi connectivity index (χ0) is 35.9. The molecule has 0 aliphatic rings. The Morgan fingerprint density at radius 1 is 0.580 bits per heavy atom. The number of aryl methyl sites for hydroxylation is 1. The van der Waals surface area contributed by atoms with Gasteiger partial charge in [0.2, 0.25) is 0 Å². The number of para-hydroxylation sites is 2. The maximum atomic E-state index is 5.63. The molecule has 0 saturated heterocycles. The summed E-state index contributed by atoms with van der Waals surface area (Å²) in [5.74, 6) is 3.79. The van der Waals surface area contributed by atoms with Gasteiger partial charge < -0.3 is 9.88 Å². The Kier molecular flexibility index (Phi) is 10.1. The lowest BCUT2D eigenvalue weighted by Gasteiger charge is -2.32. The van der Waals surface area contributed by atoms with Crippen molar-refractivity contribution >= 4 is 16.6 Å². The third-order valence-corrected chi connectivity index (χ3v) is 10.3. The van der Waals surface area contributed by atoms with Gasteiger partial charge in [-0.15, -0.1) is 0 Å². The van der Waals surface area contributed by atoms with Crippen molar-refractivity contribution in [3.63, 3.8) is 0 Å². The van der Waals surface area contributed by atoms with E-state index in [-0.39, 0.29) is 6.04 Å². The highest BCUT2D eigenvalue weighted by atomic mass is 15.2. The van der Waals surface area contributed by atoms with Crippen molar-refractivity contribution in [3.05, 3.63) is 136 Å². The normalized spacial score (nSPS) is 12.7. The van der Waals surface area contributed by atoms with Gasteiger partial charge in [0.15, 0.2) is 5.82 Å². The summed E-state index contributed by atoms with van der Waals surface area (Å²) >= 11 is 0. The highest BCUT2D eigenvalue weighted by Crippen LogP contribution is 2.43. The van der Waals surface area contributed by atoms with Gasteiger partial charge in [0.25, 0.3) is 0 Å². The monoisotopic (exact) mass is 664 g/mol. The van der Waals surface area contributed by atoms with Crippen LogP contribution < -0.4 is 5.32 Å². The first kappa shape index (κ1) is 35.3. The largest absolute Gasteiger partial charge is 0.371 e. The second-order valence-corrected chi connectivity index (χ2v) is 15.6. The summed E-state index contributed by atoms with van der Waals surface area (Å²) in [5.41, 5.74) is 12.9. The fourth-order valence-electron chi connectivity index (χ4n) is 7.54. The van der Waals surface area contributed by atoms with Gasteiger partial charge in [0.1, 0.15) is 11.9 Å². The van der Waals surface area contributed by atoms with Crippen molar-refractivity contribution in [2.45, 2.75) is 105 Å². The predicted molar refractivity (Wildman–Crippen MR) is 214 cm³/mol. The van der Waals surface area contributed by atoms with E-state index in [4.69, 9.17) is 4.98 Å². The lowest BCUT2D eigenvalue weighted by Crippen LogP contribution is -2.23. The van der Waals surface area contributed by atoms with Crippen LogP contribution in [0.5, 0.6) is 0 Å². The Hall–Kier alpha value is -4.57. The van der Waals surface area contributed by atoms with Gasteiger partial charge in [-0.05, 0) is 80.7 Å². The first-order valence-corrected chi connectivity index (χ1v) is 18.6. The first-order chi connectivity index (χ1) is 23.9. The summed E-state index contributed by atoms with van der Waals surface area (Å²) < 4.78 is 4.59. The van der Waals surface area contributed by atoms with Gasteiger partial charge in [0, 0.05) is 24.3 Å². The van der Waals surface area contributed by atoms with Gasteiger partial charge in [-0.1, -0.05) is 148 Å². The number of benzene rings is 4. The van der Waals surface area contributed by atoms with Crippen LogP contribution in [-0.2, 0) is 7.05 Å². The third-order valence-electron chi connectivity index (χ3n) is 10.3. The molecule has 6 rings (SSSR count). The topological polar surface area (TPSA) is 34.8 Å². The molecule has 0 aliphatic carbocycles. The summed E-state index contributed by atoms with van der Waals surface area (Å²) in [7, 11) is 2.17. The minimum Gasteiger partial charge on any atom is -0.371 e. The van der Waals surface area contributed by atoms with Crippen molar-refractivity contribution in [1.82, 2.24) is 14.1 Å². The van der Waals surface area contributed by atoms with E-state index in [1.807, 2.05) is 0 Å². The van der Waals surface area contributed by atoms with E-state index >= 15 is 0 Å². The Morgan fingerprint density at radius 2 is 1.14 bits per heavy atom. The van der Waals surface area contributed by atoms with Crippen molar-refractivity contribution in [2.24, 2.45) is 7.05 Å². The van der Waals surface area contributed by atoms with Crippen LogP contribution in [0.1, 0.15) is 144 Å². The maximum absolute atomic E-state index is 5.63. The zero-order valence-corrected chi connectivity index (χ0v) is 32.0. The molecule has 260 valence electrons. The quantitative estimate of drug-likeness (QED) is 0.150. The number of nitrogens with zero attached hydrogens (tertiary/aromatic N) is 3. The van der Waals surface area contributed by atoms with Crippen LogP contribution in [0.15, 0.2) is 97.2 Å². The lowest BCUT2D eigenvalue weighted by molar-refractivity contribution is 0.700. The molecule has 1 unspecified atom stereocenters. The Balaban J connectivity index is 1.66. The molecular formula is C46H56N4. The molecule has 4 nitrogen and oxygen atoms in total. The average Bonchev–Trinajstić information content (AvgIpc) is 3.66. The molecule has 2 heterocycles. The Bertz CT molecular complexity index is 2030. The summed E-state index contributed by atoms with van der Waals surface area (Å²) in [6.07, 6.45) is 2.22. The molecule has 4 heteroatoms. The molecule has 6 aromatic rings. The number of anilines is 1. The fourth-order valence-corrected chi connectivity index (χ4v) is 7.54. The molecule has 0 bridgehead atoms. The number of hydrogen-bond donors (Lipinski definition) is 1. The second-order valence-electron chi connectivity index (χ2n) is 15.6. The molecule has 1 N–H and O–H groups in total. The highest BCUT2D eigenvalue weighted by molar-refractivity contribution is 5.89. The molecule has 4 aromatic carbocycles. The molecule has 0 spiro atoms. The predicted octanol–water partition coefficient (Wildman–Crippen LogP) is 12.8. The van der Waals surface area contributed by atoms with Crippen LogP contribution in [-0.4, -0.2) is 14.1 Å². The van der Waals surface area contributed by atoms with Crippen LogP contribution in [0.3, 0.4) is 0 Å². The number of rotatable bonds is 11. The molecular weight excluding hydrogens is 609 g/mol. The van der Waals surface area contributed by atoms with Crippen LogP contribution >= 0.6 is 0 Å². The van der Waals surface area contributed by atoms with Crippen LogP contribution in [0.2, 0.25) is 0 Å². The summed E-state index contributed by atoms with van der Waals surface area (Å²) in [4.78, 5) is 5.63.